The molecule has 1 amide bonds. The molecule has 1 aromatic rings. The second-order valence-electron chi connectivity index (χ2n) is 4.62. The minimum absolute atomic E-state index is 0.0155. The van der Waals surface area contributed by atoms with Gasteiger partial charge in [0, 0.05) is 32.0 Å². The zero-order valence-electron chi connectivity index (χ0n) is 10.4. The van der Waals surface area contributed by atoms with Crippen molar-refractivity contribution in [1.29, 1.82) is 0 Å². The van der Waals surface area contributed by atoms with Crippen LogP contribution in [0.4, 0.5) is 0 Å². The lowest BCUT2D eigenvalue weighted by molar-refractivity contribution is -0.124. The highest BCUT2D eigenvalue weighted by molar-refractivity contribution is 5.82. The number of carbonyl (C=O) groups is 1. The SMILES string of the molecule is CCCn1ccc(CNC2CCCNC2=O)c1. The number of rotatable bonds is 5. The maximum Gasteiger partial charge on any atom is 0.237 e. The monoisotopic (exact) mass is 235 g/mol. The first-order valence-corrected chi connectivity index (χ1v) is 6.45. The molecule has 2 rings (SSSR count). The first-order chi connectivity index (χ1) is 8.29. The number of carbonyl (C=O) groups excluding carboxylic acids is 1. The highest BCUT2D eigenvalue weighted by atomic mass is 16.2. The molecular weight excluding hydrogens is 214 g/mol. The number of hydrogen-bond acceptors (Lipinski definition) is 2. The fourth-order valence-electron chi connectivity index (χ4n) is 2.20. The van der Waals surface area contributed by atoms with E-state index in [0.29, 0.717) is 0 Å². The first-order valence-electron chi connectivity index (χ1n) is 6.45. The Morgan fingerprint density at radius 3 is 3.24 bits per heavy atom. The average Bonchev–Trinajstić information content (AvgIpc) is 2.76. The Labute approximate surface area is 102 Å². The number of nitrogens with zero attached hydrogens (tertiary/aromatic N) is 1. The summed E-state index contributed by atoms with van der Waals surface area (Å²) in [4.78, 5) is 11.5. The van der Waals surface area contributed by atoms with Crippen molar-refractivity contribution in [2.75, 3.05) is 6.54 Å². The molecule has 17 heavy (non-hydrogen) atoms. The van der Waals surface area contributed by atoms with E-state index in [0.717, 1.165) is 38.9 Å². The Kier molecular flexibility index (Phi) is 4.20. The van der Waals surface area contributed by atoms with Crippen LogP contribution in [0.15, 0.2) is 18.5 Å². The van der Waals surface area contributed by atoms with Gasteiger partial charge in [-0.15, -0.1) is 0 Å². The van der Waals surface area contributed by atoms with Gasteiger partial charge in [0.1, 0.15) is 0 Å². The van der Waals surface area contributed by atoms with E-state index in [1.54, 1.807) is 0 Å². The Morgan fingerprint density at radius 1 is 1.59 bits per heavy atom. The van der Waals surface area contributed by atoms with Gasteiger partial charge in [0.25, 0.3) is 0 Å². The summed E-state index contributed by atoms with van der Waals surface area (Å²) in [5.41, 5.74) is 1.25. The lowest BCUT2D eigenvalue weighted by Gasteiger charge is -2.22. The molecule has 2 heterocycles. The summed E-state index contributed by atoms with van der Waals surface area (Å²) in [7, 11) is 0. The minimum atomic E-state index is -0.0155. The maximum atomic E-state index is 11.5. The van der Waals surface area contributed by atoms with Gasteiger partial charge < -0.3 is 15.2 Å². The molecule has 94 valence electrons. The predicted molar refractivity (Wildman–Crippen MR) is 67.6 cm³/mol. The van der Waals surface area contributed by atoms with Gasteiger partial charge in [0.15, 0.2) is 0 Å². The number of piperidine rings is 1. The van der Waals surface area contributed by atoms with Crippen molar-refractivity contribution >= 4 is 5.91 Å². The summed E-state index contributed by atoms with van der Waals surface area (Å²) < 4.78 is 2.19. The summed E-state index contributed by atoms with van der Waals surface area (Å²) in [6.07, 6.45) is 7.41. The highest BCUT2D eigenvalue weighted by Gasteiger charge is 2.20. The fraction of sp³-hybridized carbons (Fsp3) is 0.615. The van der Waals surface area contributed by atoms with Gasteiger partial charge in [0.2, 0.25) is 5.91 Å². The van der Waals surface area contributed by atoms with Crippen LogP contribution in [0.2, 0.25) is 0 Å². The van der Waals surface area contributed by atoms with Crippen molar-refractivity contribution in [3.63, 3.8) is 0 Å². The van der Waals surface area contributed by atoms with E-state index in [4.69, 9.17) is 0 Å². The molecule has 1 aromatic heterocycles. The van der Waals surface area contributed by atoms with Crippen molar-refractivity contribution in [2.45, 2.75) is 45.3 Å². The van der Waals surface area contributed by atoms with Crippen LogP contribution in [0.3, 0.4) is 0 Å². The average molecular weight is 235 g/mol. The largest absolute Gasteiger partial charge is 0.355 e. The van der Waals surface area contributed by atoms with Crippen LogP contribution in [-0.4, -0.2) is 23.1 Å². The molecule has 1 saturated heterocycles. The topological polar surface area (TPSA) is 46.1 Å². The Balaban J connectivity index is 1.82. The fourth-order valence-corrected chi connectivity index (χ4v) is 2.20. The molecule has 1 aliphatic heterocycles. The van der Waals surface area contributed by atoms with Crippen LogP contribution in [0.1, 0.15) is 31.7 Å². The van der Waals surface area contributed by atoms with E-state index < -0.39 is 0 Å². The molecule has 0 bridgehead atoms. The molecular formula is C13H21N3O. The maximum absolute atomic E-state index is 11.5. The van der Waals surface area contributed by atoms with Crippen molar-refractivity contribution in [3.05, 3.63) is 24.0 Å². The Bertz CT molecular complexity index is 372. The van der Waals surface area contributed by atoms with Gasteiger partial charge >= 0.3 is 0 Å². The summed E-state index contributed by atoms with van der Waals surface area (Å²) >= 11 is 0. The second-order valence-corrected chi connectivity index (χ2v) is 4.62. The van der Waals surface area contributed by atoms with Crippen LogP contribution in [0.25, 0.3) is 0 Å². The number of aromatic nitrogens is 1. The van der Waals surface area contributed by atoms with E-state index >= 15 is 0 Å². The third kappa shape index (κ3) is 3.33. The molecule has 4 nitrogen and oxygen atoms in total. The Morgan fingerprint density at radius 2 is 2.47 bits per heavy atom. The zero-order chi connectivity index (χ0) is 12.1. The van der Waals surface area contributed by atoms with E-state index in [-0.39, 0.29) is 11.9 Å². The van der Waals surface area contributed by atoms with Crippen molar-refractivity contribution < 1.29 is 4.79 Å². The zero-order valence-corrected chi connectivity index (χ0v) is 10.4. The van der Waals surface area contributed by atoms with Gasteiger partial charge in [-0.2, -0.15) is 0 Å². The second kappa shape index (κ2) is 5.87. The highest BCUT2D eigenvalue weighted by Crippen LogP contribution is 2.06. The molecule has 4 heteroatoms. The van der Waals surface area contributed by atoms with Crippen LogP contribution in [0.5, 0.6) is 0 Å². The summed E-state index contributed by atoms with van der Waals surface area (Å²) in [5.74, 6) is 0.143. The molecule has 1 unspecified atom stereocenters. The summed E-state index contributed by atoms with van der Waals surface area (Å²) in [6.45, 7) is 4.83. The normalized spacial score (nSPS) is 20.3. The van der Waals surface area contributed by atoms with Crippen molar-refractivity contribution in [3.8, 4) is 0 Å². The van der Waals surface area contributed by atoms with Gasteiger partial charge in [-0.05, 0) is 30.9 Å². The van der Waals surface area contributed by atoms with Gasteiger partial charge in [-0.3, -0.25) is 4.79 Å². The number of aryl methyl sites for hydroxylation is 1. The molecule has 2 N–H and O–H groups in total. The Hall–Kier alpha value is -1.29. The van der Waals surface area contributed by atoms with E-state index in [2.05, 4.69) is 40.6 Å². The van der Waals surface area contributed by atoms with Crippen LogP contribution in [0, 0.1) is 0 Å². The van der Waals surface area contributed by atoms with Gasteiger partial charge in [-0.25, -0.2) is 0 Å². The van der Waals surface area contributed by atoms with Crippen molar-refractivity contribution in [1.82, 2.24) is 15.2 Å². The molecule has 0 radical (unpaired) electrons. The third-order valence-electron chi connectivity index (χ3n) is 3.13. The lowest BCUT2D eigenvalue weighted by Crippen LogP contribution is -2.47. The van der Waals surface area contributed by atoms with Crippen LogP contribution < -0.4 is 10.6 Å². The van der Waals surface area contributed by atoms with Crippen molar-refractivity contribution in [2.24, 2.45) is 0 Å². The predicted octanol–water partition coefficient (Wildman–Crippen LogP) is 1.27. The van der Waals surface area contributed by atoms with E-state index in [1.807, 2.05) is 0 Å². The molecule has 0 aromatic carbocycles. The van der Waals surface area contributed by atoms with Crippen LogP contribution in [-0.2, 0) is 17.9 Å². The van der Waals surface area contributed by atoms with E-state index in [1.165, 1.54) is 5.56 Å². The van der Waals surface area contributed by atoms with Gasteiger partial charge in [-0.1, -0.05) is 6.92 Å². The number of hydrogen-bond donors (Lipinski definition) is 2. The molecule has 0 saturated carbocycles. The van der Waals surface area contributed by atoms with Crippen LogP contribution >= 0.6 is 0 Å². The third-order valence-corrected chi connectivity index (χ3v) is 3.13. The molecule has 1 atom stereocenters. The molecule has 1 fully saturated rings. The quantitative estimate of drug-likeness (QED) is 0.807. The lowest BCUT2D eigenvalue weighted by atomic mass is 10.1. The number of amides is 1. The minimum Gasteiger partial charge on any atom is -0.355 e. The van der Waals surface area contributed by atoms with Gasteiger partial charge in [0.05, 0.1) is 6.04 Å². The molecule has 0 spiro atoms. The number of nitrogens with one attached hydrogen (secondary N) is 2. The summed E-state index contributed by atoms with van der Waals surface area (Å²) in [5, 5.41) is 6.20. The smallest absolute Gasteiger partial charge is 0.237 e. The first kappa shape index (κ1) is 12.2. The summed E-state index contributed by atoms with van der Waals surface area (Å²) in [6, 6.07) is 2.10. The molecule has 1 aliphatic rings. The van der Waals surface area contributed by atoms with E-state index in [9.17, 15) is 4.79 Å². The standard InChI is InChI=1S/C13H21N3O/c1-2-7-16-8-5-11(10-16)9-15-12-4-3-6-14-13(12)17/h5,8,10,12,15H,2-4,6-7,9H2,1H3,(H,14,17). The molecule has 0 aliphatic carbocycles.